The number of hydrogen-bond donors (Lipinski definition) is 1. The highest BCUT2D eigenvalue weighted by Crippen LogP contribution is 2.39. The van der Waals surface area contributed by atoms with Crippen molar-refractivity contribution >= 4 is 11.0 Å². The summed E-state index contributed by atoms with van der Waals surface area (Å²) in [6, 6.07) is 10.2. The molecule has 1 saturated heterocycles. The lowest BCUT2D eigenvalue weighted by Crippen LogP contribution is -2.27. The molecule has 2 atom stereocenters. The van der Waals surface area contributed by atoms with Gasteiger partial charge in [0.25, 0.3) is 5.56 Å². The van der Waals surface area contributed by atoms with Gasteiger partial charge in [-0.3, -0.25) is 9.69 Å². The van der Waals surface area contributed by atoms with Gasteiger partial charge < -0.3 is 4.98 Å². The van der Waals surface area contributed by atoms with Crippen molar-refractivity contribution < 1.29 is 8.78 Å². The summed E-state index contributed by atoms with van der Waals surface area (Å²) in [6.07, 6.45) is 1.90. The van der Waals surface area contributed by atoms with E-state index in [1.165, 1.54) is 11.8 Å². The van der Waals surface area contributed by atoms with Gasteiger partial charge in [0, 0.05) is 38.4 Å². The van der Waals surface area contributed by atoms with Crippen LogP contribution in [0.15, 0.2) is 41.3 Å². The van der Waals surface area contributed by atoms with E-state index in [0.29, 0.717) is 35.6 Å². The van der Waals surface area contributed by atoms with Crippen molar-refractivity contribution in [3.05, 3.63) is 58.3 Å². The normalized spacial score (nSPS) is 24.7. The Hall–Kier alpha value is -2.61. The lowest BCUT2D eigenvalue weighted by Gasteiger charge is -2.28. The second-order valence-corrected chi connectivity index (χ2v) is 9.13. The first-order valence-corrected chi connectivity index (χ1v) is 11.0. The van der Waals surface area contributed by atoms with Crippen LogP contribution in [-0.2, 0) is 6.54 Å². The summed E-state index contributed by atoms with van der Waals surface area (Å²) >= 11 is 0. The highest BCUT2D eigenvalue weighted by molar-refractivity contribution is 5.73. The minimum absolute atomic E-state index is 0.111. The monoisotopic (exact) mass is 427 g/mol. The molecule has 1 saturated carbocycles. The van der Waals surface area contributed by atoms with E-state index in [2.05, 4.69) is 34.0 Å². The summed E-state index contributed by atoms with van der Waals surface area (Å²) in [7, 11) is 0. The van der Waals surface area contributed by atoms with Crippen LogP contribution in [-0.4, -0.2) is 43.7 Å². The standard InChI is InChI=1S/C23H27F2N5O/c1-15-12-29(13-16-5-3-2-4-6-16)14-19(15)20-27-21-18(22(31)28-20)11-26-30(21)17-7-9-23(24,25)10-8-17/h2-6,11,15,17,19H,7-10,12-14H2,1H3,(H,27,28,31). The van der Waals surface area contributed by atoms with Crippen molar-refractivity contribution in [2.24, 2.45) is 5.92 Å². The van der Waals surface area contributed by atoms with E-state index >= 15 is 0 Å². The smallest absolute Gasteiger partial charge is 0.262 e. The van der Waals surface area contributed by atoms with Gasteiger partial charge in [0.15, 0.2) is 5.65 Å². The van der Waals surface area contributed by atoms with E-state index in [-0.39, 0.29) is 30.4 Å². The number of hydrogen-bond acceptors (Lipinski definition) is 4. The summed E-state index contributed by atoms with van der Waals surface area (Å²) in [4.78, 5) is 22.9. The van der Waals surface area contributed by atoms with E-state index in [4.69, 9.17) is 4.98 Å². The molecule has 2 fully saturated rings. The first-order chi connectivity index (χ1) is 14.9. The Bertz CT molecular complexity index is 1120. The molecule has 2 aliphatic rings. The fraction of sp³-hybridized carbons (Fsp3) is 0.522. The predicted molar refractivity (Wildman–Crippen MR) is 114 cm³/mol. The van der Waals surface area contributed by atoms with E-state index in [1.807, 2.05) is 18.2 Å². The molecule has 164 valence electrons. The second-order valence-electron chi connectivity index (χ2n) is 9.13. The van der Waals surface area contributed by atoms with Crippen molar-refractivity contribution in [2.45, 2.75) is 57.0 Å². The molecular weight excluding hydrogens is 400 g/mol. The van der Waals surface area contributed by atoms with Gasteiger partial charge in [0.2, 0.25) is 5.92 Å². The van der Waals surface area contributed by atoms with Crippen LogP contribution in [0.3, 0.4) is 0 Å². The van der Waals surface area contributed by atoms with Gasteiger partial charge in [0.1, 0.15) is 11.2 Å². The molecule has 3 aromatic rings. The molecule has 3 heterocycles. The zero-order valence-electron chi connectivity index (χ0n) is 17.6. The van der Waals surface area contributed by atoms with Crippen LogP contribution < -0.4 is 5.56 Å². The Morgan fingerprint density at radius 1 is 1.16 bits per heavy atom. The molecule has 31 heavy (non-hydrogen) atoms. The summed E-state index contributed by atoms with van der Waals surface area (Å²) in [5.74, 6) is -1.48. The van der Waals surface area contributed by atoms with E-state index in [0.717, 1.165) is 19.6 Å². The maximum absolute atomic E-state index is 13.6. The molecule has 6 nitrogen and oxygen atoms in total. The number of likely N-dealkylation sites (tertiary alicyclic amines) is 1. The van der Waals surface area contributed by atoms with Gasteiger partial charge in [-0.15, -0.1) is 0 Å². The maximum atomic E-state index is 13.6. The number of alkyl halides is 2. The van der Waals surface area contributed by atoms with Crippen LogP contribution in [0.4, 0.5) is 8.78 Å². The molecule has 0 bridgehead atoms. The van der Waals surface area contributed by atoms with Crippen molar-refractivity contribution in [2.75, 3.05) is 13.1 Å². The minimum atomic E-state index is -2.60. The molecule has 2 unspecified atom stereocenters. The average molecular weight is 427 g/mol. The summed E-state index contributed by atoms with van der Waals surface area (Å²) in [5, 5.41) is 4.79. The predicted octanol–water partition coefficient (Wildman–Crippen LogP) is 4.11. The van der Waals surface area contributed by atoms with Crippen molar-refractivity contribution in [1.82, 2.24) is 24.6 Å². The number of nitrogens with zero attached hydrogens (tertiary/aromatic N) is 4. The number of benzene rings is 1. The van der Waals surface area contributed by atoms with Crippen molar-refractivity contribution in [1.29, 1.82) is 0 Å². The third-order valence-electron chi connectivity index (χ3n) is 6.80. The van der Waals surface area contributed by atoms with Crippen LogP contribution in [0.2, 0.25) is 0 Å². The zero-order chi connectivity index (χ0) is 21.6. The van der Waals surface area contributed by atoms with Gasteiger partial charge in [-0.2, -0.15) is 5.10 Å². The third-order valence-corrected chi connectivity index (χ3v) is 6.80. The van der Waals surface area contributed by atoms with Gasteiger partial charge in [-0.25, -0.2) is 18.4 Å². The number of nitrogens with one attached hydrogen (secondary N) is 1. The van der Waals surface area contributed by atoms with Gasteiger partial charge in [-0.05, 0) is 24.3 Å². The number of halogens is 2. The van der Waals surface area contributed by atoms with Crippen LogP contribution in [0, 0.1) is 5.92 Å². The van der Waals surface area contributed by atoms with Crippen molar-refractivity contribution in [3.8, 4) is 0 Å². The van der Waals surface area contributed by atoms with Crippen LogP contribution in [0.5, 0.6) is 0 Å². The van der Waals surface area contributed by atoms with Gasteiger partial charge in [0.05, 0.1) is 12.2 Å². The Morgan fingerprint density at radius 3 is 2.65 bits per heavy atom. The molecule has 1 N–H and O–H groups in total. The molecular formula is C23H27F2N5O. The van der Waals surface area contributed by atoms with Crippen molar-refractivity contribution in [3.63, 3.8) is 0 Å². The van der Waals surface area contributed by atoms with Crippen LogP contribution in [0.1, 0.15) is 56.0 Å². The molecule has 0 spiro atoms. The van der Waals surface area contributed by atoms with E-state index in [1.54, 1.807) is 4.68 Å². The van der Waals surface area contributed by atoms with Gasteiger partial charge in [-0.1, -0.05) is 37.3 Å². The highest BCUT2D eigenvalue weighted by atomic mass is 19.3. The highest BCUT2D eigenvalue weighted by Gasteiger charge is 2.37. The first kappa shape index (κ1) is 20.3. The molecule has 8 heteroatoms. The van der Waals surface area contributed by atoms with E-state index in [9.17, 15) is 13.6 Å². The SMILES string of the molecule is CC1CN(Cc2ccccc2)CC1c1nc2c(cnn2C2CCC(F)(F)CC2)c(=O)[nH]1. The molecule has 1 aromatic carbocycles. The molecule has 0 amide bonds. The second kappa shape index (κ2) is 7.82. The number of rotatable bonds is 4. The van der Waals surface area contributed by atoms with Crippen LogP contribution in [0.25, 0.3) is 11.0 Å². The fourth-order valence-electron chi connectivity index (χ4n) is 5.06. The summed E-state index contributed by atoms with van der Waals surface area (Å²) in [5.41, 5.74) is 1.57. The molecule has 5 rings (SSSR count). The number of aromatic amines is 1. The number of fused-ring (bicyclic) bond motifs is 1. The Labute approximate surface area is 179 Å². The maximum Gasteiger partial charge on any atom is 0.262 e. The fourth-order valence-corrected chi connectivity index (χ4v) is 5.06. The Morgan fingerprint density at radius 2 is 1.90 bits per heavy atom. The molecule has 1 aliphatic heterocycles. The average Bonchev–Trinajstić information content (AvgIpc) is 3.32. The minimum Gasteiger partial charge on any atom is -0.310 e. The van der Waals surface area contributed by atoms with Gasteiger partial charge >= 0.3 is 0 Å². The first-order valence-electron chi connectivity index (χ1n) is 11.0. The Balaban J connectivity index is 1.41. The zero-order valence-corrected chi connectivity index (χ0v) is 17.6. The molecule has 2 aromatic heterocycles. The lowest BCUT2D eigenvalue weighted by atomic mass is 9.92. The molecule has 0 radical (unpaired) electrons. The number of H-pyrrole nitrogens is 1. The van der Waals surface area contributed by atoms with Crippen LogP contribution >= 0.6 is 0 Å². The number of aromatic nitrogens is 4. The molecule has 1 aliphatic carbocycles. The lowest BCUT2D eigenvalue weighted by molar-refractivity contribution is -0.0446. The third kappa shape index (κ3) is 4.01. The topological polar surface area (TPSA) is 66.8 Å². The largest absolute Gasteiger partial charge is 0.310 e. The quantitative estimate of drug-likeness (QED) is 0.681. The summed E-state index contributed by atoms with van der Waals surface area (Å²) < 4.78 is 28.9. The van der Waals surface area contributed by atoms with E-state index < -0.39 is 5.92 Å². The Kier molecular flexibility index (Phi) is 5.12. The summed E-state index contributed by atoms with van der Waals surface area (Å²) in [6.45, 7) is 4.79.